The Labute approximate surface area is 208 Å². The predicted molar refractivity (Wildman–Crippen MR) is 119 cm³/mol. The number of carbonyl (C=O) groups is 4. The molecular weight excluding hydrogens is 500 g/mol. The Balaban J connectivity index is 1.52. The summed E-state index contributed by atoms with van der Waals surface area (Å²) < 4.78 is 24.4. The number of nitro benzene ring substituents is 2. The van der Waals surface area contributed by atoms with Crippen LogP contribution in [0.3, 0.4) is 0 Å². The van der Waals surface area contributed by atoms with Gasteiger partial charge in [0.2, 0.25) is 0 Å². The number of non-ortho nitro benzene ring substituents is 2. The fourth-order valence-corrected chi connectivity index (χ4v) is 2.48. The average Bonchev–Trinajstić information content (AvgIpc) is 2.83. The molecule has 0 spiro atoms. The highest BCUT2D eigenvalue weighted by atomic mass is 16.6. The molecule has 2 aromatic rings. The van der Waals surface area contributed by atoms with Gasteiger partial charge in [-0.25, -0.2) is 0 Å². The smallest absolute Gasteiger partial charge is 0.322 e. The molecule has 0 bridgehead atoms. The van der Waals surface area contributed by atoms with E-state index in [1.807, 2.05) is 0 Å². The van der Waals surface area contributed by atoms with Crippen molar-refractivity contribution in [2.75, 3.05) is 26.4 Å². The number of hydrogen-bond acceptors (Lipinski definition) is 13. The molecule has 0 radical (unpaired) electrons. The van der Waals surface area contributed by atoms with Gasteiger partial charge in [-0.3, -0.25) is 39.4 Å². The normalized spacial score (nSPS) is 10.2. The monoisotopic (exact) mass is 520 g/mol. The zero-order valence-corrected chi connectivity index (χ0v) is 19.1. The van der Waals surface area contributed by atoms with Crippen molar-refractivity contribution in [3.63, 3.8) is 0 Å². The molecule has 0 amide bonds. The molecule has 0 saturated heterocycles. The summed E-state index contributed by atoms with van der Waals surface area (Å²) in [7, 11) is 0. The van der Waals surface area contributed by atoms with Crippen LogP contribution in [0, 0.1) is 20.2 Å². The molecule has 0 atom stereocenters. The lowest BCUT2D eigenvalue weighted by atomic mass is 10.3. The van der Waals surface area contributed by atoms with E-state index < -0.39 is 46.6 Å². The Morgan fingerprint density at radius 2 is 0.919 bits per heavy atom. The van der Waals surface area contributed by atoms with Crippen molar-refractivity contribution in [3.8, 4) is 11.5 Å². The van der Waals surface area contributed by atoms with Crippen molar-refractivity contribution in [2.24, 2.45) is 0 Å². The minimum atomic E-state index is -0.918. The summed E-state index contributed by atoms with van der Waals surface area (Å²) in [5.41, 5.74) is -0.368. The highest BCUT2D eigenvalue weighted by Crippen LogP contribution is 2.18. The van der Waals surface area contributed by atoms with E-state index in [4.69, 9.17) is 23.7 Å². The summed E-state index contributed by atoms with van der Waals surface area (Å²) in [6.45, 7) is -0.524. The van der Waals surface area contributed by atoms with Crippen molar-refractivity contribution in [2.45, 2.75) is 12.8 Å². The third kappa shape index (κ3) is 10.9. The first-order chi connectivity index (χ1) is 17.6. The zero-order chi connectivity index (χ0) is 27.2. The highest BCUT2D eigenvalue weighted by molar-refractivity contribution is 5.92. The topological polar surface area (TPSA) is 201 Å². The summed E-state index contributed by atoms with van der Waals surface area (Å²) in [4.78, 5) is 66.6. The number of hydrogen-bond donors (Lipinski definition) is 0. The van der Waals surface area contributed by atoms with Gasteiger partial charge in [0.1, 0.15) is 37.6 Å². The van der Waals surface area contributed by atoms with E-state index >= 15 is 0 Å². The quantitative estimate of drug-likeness (QED) is 0.0873. The Morgan fingerprint density at radius 1 is 0.568 bits per heavy atom. The largest absolute Gasteiger partial charge is 0.463 e. The SMILES string of the molecule is O=C(CC(=O)Oc1ccc([N+](=O)[O-])cc1)OCCOCCOC(=O)CC(=O)Oc1ccc([N+](=O)[O-])cc1. The summed E-state index contributed by atoms with van der Waals surface area (Å²) in [5, 5.41) is 21.2. The fourth-order valence-electron chi connectivity index (χ4n) is 2.48. The van der Waals surface area contributed by atoms with Gasteiger partial charge in [0, 0.05) is 24.3 Å². The molecule has 0 aliphatic heterocycles. The van der Waals surface area contributed by atoms with Crippen LogP contribution in [0.25, 0.3) is 0 Å². The third-order valence-corrected chi connectivity index (χ3v) is 4.12. The van der Waals surface area contributed by atoms with E-state index in [1.54, 1.807) is 0 Å². The highest BCUT2D eigenvalue weighted by Gasteiger charge is 2.15. The van der Waals surface area contributed by atoms with Gasteiger partial charge >= 0.3 is 23.9 Å². The first-order valence-corrected chi connectivity index (χ1v) is 10.4. The van der Waals surface area contributed by atoms with Crippen LogP contribution in [0.4, 0.5) is 11.4 Å². The lowest BCUT2D eigenvalue weighted by Crippen LogP contribution is -2.19. The Hall–Kier alpha value is -4.92. The number of rotatable bonds is 14. The van der Waals surface area contributed by atoms with Crippen molar-refractivity contribution in [1.82, 2.24) is 0 Å². The molecule has 0 unspecified atom stereocenters. The minimum absolute atomic E-state index is 0.0286. The van der Waals surface area contributed by atoms with E-state index in [0.29, 0.717) is 0 Å². The van der Waals surface area contributed by atoms with Crippen LogP contribution in [-0.2, 0) is 33.4 Å². The molecule has 2 aromatic carbocycles. The number of ether oxygens (including phenoxy) is 5. The summed E-state index contributed by atoms with van der Waals surface area (Å²) in [6.07, 6.45) is -1.38. The molecule has 15 heteroatoms. The van der Waals surface area contributed by atoms with Gasteiger partial charge < -0.3 is 23.7 Å². The molecule has 0 aromatic heterocycles. The Morgan fingerprint density at radius 3 is 1.24 bits per heavy atom. The Bertz CT molecular complexity index is 1040. The van der Waals surface area contributed by atoms with Gasteiger partial charge in [0.05, 0.1) is 23.1 Å². The number of nitro groups is 2. The standard InChI is InChI=1S/C22H20N2O13/c25-19(13-21(27)36-17-5-1-15(2-6-17)23(29)30)34-11-9-33-10-12-35-20(26)14-22(28)37-18-7-3-16(4-8-18)24(31)32/h1-8H,9-14H2. The van der Waals surface area contributed by atoms with Gasteiger partial charge in [-0.2, -0.15) is 0 Å². The van der Waals surface area contributed by atoms with Crippen molar-refractivity contribution in [3.05, 3.63) is 68.8 Å². The van der Waals surface area contributed by atoms with E-state index in [-0.39, 0.29) is 49.3 Å². The predicted octanol–water partition coefficient (Wildman–Crippen LogP) is 1.90. The van der Waals surface area contributed by atoms with Crippen LogP contribution in [0.5, 0.6) is 11.5 Å². The number of nitrogens with zero attached hydrogens (tertiary/aromatic N) is 2. The van der Waals surface area contributed by atoms with Crippen LogP contribution in [0.1, 0.15) is 12.8 Å². The molecule has 37 heavy (non-hydrogen) atoms. The van der Waals surface area contributed by atoms with Crippen molar-refractivity contribution in [1.29, 1.82) is 0 Å². The minimum Gasteiger partial charge on any atom is -0.463 e. The summed E-state index contributed by atoms with van der Waals surface area (Å²) in [5.74, 6) is -3.54. The number of esters is 4. The molecule has 15 nitrogen and oxygen atoms in total. The first kappa shape index (κ1) is 28.3. The fraction of sp³-hybridized carbons (Fsp3) is 0.273. The third-order valence-electron chi connectivity index (χ3n) is 4.12. The average molecular weight is 520 g/mol. The zero-order valence-electron chi connectivity index (χ0n) is 19.1. The number of carbonyl (C=O) groups excluding carboxylic acids is 4. The maximum atomic E-state index is 11.7. The van der Waals surface area contributed by atoms with Crippen molar-refractivity contribution >= 4 is 35.3 Å². The molecule has 0 aliphatic rings. The molecule has 2 rings (SSSR count). The van der Waals surface area contributed by atoms with Crippen LogP contribution < -0.4 is 9.47 Å². The second-order valence-electron chi connectivity index (χ2n) is 6.86. The molecule has 0 fully saturated rings. The van der Waals surface area contributed by atoms with Gasteiger partial charge in [-0.1, -0.05) is 0 Å². The lowest BCUT2D eigenvalue weighted by molar-refractivity contribution is -0.385. The first-order valence-electron chi connectivity index (χ1n) is 10.4. The number of benzene rings is 2. The van der Waals surface area contributed by atoms with Gasteiger partial charge in [0.25, 0.3) is 11.4 Å². The summed E-state index contributed by atoms with van der Waals surface area (Å²) in [6, 6.07) is 9.42. The van der Waals surface area contributed by atoms with Crippen LogP contribution in [-0.4, -0.2) is 60.2 Å². The van der Waals surface area contributed by atoms with Gasteiger partial charge in [0.15, 0.2) is 0 Å². The van der Waals surface area contributed by atoms with Crippen LogP contribution in [0.2, 0.25) is 0 Å². The van der Waals surface area contributed by atoms with E-state index in [1.165, 1.54) is 24.3 Å². The van der Waals surface area contributed by atoms with Crippen molar-refractivity contribution < 1.29 is 52.7 Å². The van der Waals surface area contributed by atoms with E-state index in [2.05, 4.69) is 0 Å². The molecule has 0 N–H and O–H groups in total. The Kier molecular flexibility index (Phi) is 11.1. The molecule has 0 heterocycles. The molecular formula is C22H20N2O13. The maximum Gasteiger partial charge on any atom is 0.322 e. The summed E-state index contributed by atoms with van der Waals surface area (Å²) >= 11 is 0. The van der Waals surface area contributed by atoms with Gasteiger partial charge in [-0.05, 0) is 24.3 Å². The van der Waals surface area contributed by atoms with E-state index in [0.717, 1.165) is 24.3 Å². The van der Waals surface area contributed by atoms with E-state index in [9.17, 15) is 39.4 Å². The molecule has 196 valence electrons. The lowest BCUT2D eigenvalue weighted by Gasteiger charge is -2.08. The molecule has 0 saturated carbocycles. The second kappa shape index (κ2) is 14.5. The molecule has 0 aliphatic carbocycles. The van der Waals surface area contributed by atoms with Crippen LogP contribution >= 0.6 is 0 Å². The van der Waals surface area contributed by atoms with Crippen LogP contribution in [0.15, 0.2) is 48.5 Å². The maximum absolute atomic E-state index is 11.7. The van der Waals surface area contributed by atoms with Gasteiger partial charge in [-0.15, -0.1) is 0 Å². The second-order valence-corrected chi connectivity index (χ2v) is 6.86.